The van der Waals surface area contributed by atoms with E-state index in [9.17, 15) is 61.0 Å². The average Bonchev–Trinajstić information content (AvgIpc) is 3.55. The van der Waals surface area contributed by atoms with Crippen molar-refractivity contribution in [3.8, 4) is 0 Å². The third kappa shape index (κ3) is 27.8. The van der Waals surface area contributed by atoms with E-state index in [0.717, 1.165) is 57.8 Å². The number of unbranched alkanes of at least 4 members (excludes halogenated alkanes) is 26. The number of aliphatic hydroxyl groups excluding tert-OH is 11. The zero-order chi connectivity index (χ0) is 58.3. The van der Waals surface area contributed by atoms with Gasteiger partial charge < -0.3 is 89.9 Å². The Hall–Kier alpha value is -1.99. The highest BCUT2D eigenvalue weighted by molar-refractivity contribution is 5.76. The first-order chi connectivity index (χ1) is 38.8. The normalized spacial score (nSPS) is 30.2. The summed E-state index contributed by atoms with van der Waals surface area (Å²) in [5, 5.41) is 120. The largest absolute Gasteiger partial charge is 0.394 e. The molecule has 19 nitrogen and oxygen atoms in total. The van der Waals surface area contributed by atoms with Crippen LogP contribution in [-0.4, -0.2) is 193 Å². The Morgan fingerprint density at radius 3 is 1.27 bits per heavy atom. The summed E-state index contributed by atoms with van der Waals surface area (Å²) in [7, 11) is 0. The van der Waals surface area contributed by atoms with Crippen LogP contribution in [-0.2, 0) is 33.2 Å². The molecule has 80 heavy (non-hydrogen) atoms. The molecule has 0 aromatic rings. The molecule has 17 atom stereocenters. The second-order valence-electron chi connectivity index (χ2n) is 22.5. The molecule has 3 aliphatic heterocycles. The van der Waals surface area contributed by atoms with Crippen LogP contribution in [0, 0.1) is 0 Å². The van der Waals surface area contributed by atoms with Crippen LogP contribution in [0.1, 0.15) is 213 Å². The van der Waals surface area contributed by atoms with Crippen LogP contribution in [0.3, 0.4) is 0 Å². The van der Waals surface area contributed by atoms with Crippen LogP contribution < -0.4 is 5.32 Å². The van der Waals surface area contributed by atoms with Crippen molar-refractivity contribution in [3.05, 3.63) is 36.5 Å². The molecule has 0 bridgehead atoms. The van der Waals surface area contributed by atoms with E-state index in [0.29, 0.717) is 6.42 Å². The quantitative estimate of drug-likeness (QED) is 0.0242. The Morgan fingerprint density at radius 1 is 0.450 bits per heavy atom. The summed E-state index contributed by atoms with van der Waals surface area (Å²) in [6.07, 6.45) is 21.7. The molecule has 3 aliphatic rings. The molecule has 0 saturated carbocycles. The molecular formula is C61H111NO18. The van der Waals surface area contributed by atoms with Crippen molar-refractivity contribution in [1.82, 2.24) is 5.32 Å². The number of amides is 1. The molecular weight excluding hydrogens is 1030 g/mol. The van der Waals surface area contributed by atoms with E-state index in [1.54, 1.807) is 6.08 Å². The minimum atomic E-state index is -1.98. The molecule has 3 rings (SSSR count). The smallest absolute Gasteiger partial charge is 0.220 e. The van der Waals surface area contributed by atoms with Gasteiger partial charge in [0, 0.05) is 6.42 Å². The first-order valence-corrected chi connectivity index (χ1v) is 31.2. The maximum absolute atomic E-state index is 13.3. The van der Waals surface area contributed by atoms with E-state index >= 15 is 0 Å². The highest BCUT2D eigenvalue weighted by Crippen LogP contribution is 2.33. The van der Waals surface area contributed by atoms with Gasteiger partial charge in [-0.25, -0.2) is 0 Å². The van der Waals surface area contributed by atoms with Gasteiger partial charge in [-0.05, 0) is 51.4 Å². The van der Waals surface area contributed by atoms with Gasteiger partial charge in [-0.2, -0.15) is 0 Å². The van der Waals surface area contributed by atoms with Crippen LogP contribution in [0.5, 0.6) is 0 Å². The van der Waals surface area contributed by atoms with Crippen LogP contribution in [0.2, 0.25) is 0 Å². The molecule has 0 aromatic heterocycles. The number of nitrogens with one attached hydrogen (secondary N) is 1. The Balaban J connectivity index is 1.38. The lowest BCUT2D eigenvalue weighted by atomic mass is 9.96. The lowest BCUT2D eigenvalue weighted by Gasteiger charge is -2.48. The van der Waals surface area contributed by atoms with Gasteiger partial charge in [0.05, 0.1) is 38.6 Å². The van der Waals surface area contributed by atoms with Gasteiger partial charge in [-0.3, -0.25) is 4.79 Å². The lowest BCUT2D eigenvalue weighted by Crippen LogP contribution is -2.66. The summed E-state index contributed by atoms with van der Waals surface area (Å²) in [6.45, 7) is 1.66. The molecule has 1 amide bonds. The highest BCUT2D eigenvalue weighted by atomic mass is 16.8. The number of aliphatic hydroxyl groups is 11. The number of carbonyl (C=O) groups is 1. The fourth-order valence-electron chi connectivity index (χ4n) is 10.5. The number of ether oxygens (including phenoxy) is 6. The fraction of sp³-hybridized carbons (Fsp3) is 0.885. The summed E-state index contributed by atoms with van der Waals surface area (Å²) < 4.78 is 34.2. The van der Waals surface area contributed by atoms with Crippen molar-refractivity contribution >= 4 is 5.91 Å². The van der Waals surface area contributed by atoms with Crippen LogP contribution in [0.15, 0.2) is 36.5 Å². The third-order valence-corrected chi connectivity index (χ3v) is 15.7. The first-order valence-electron chi connectivity index (χ1n) is 31.2. The molecule has 0 aromatic carbocycles. The van der Waals surface area contributed by atoms with Gasteiger partial charge in [0.15, 0.2) is 18.9 Å². The van der Waals surface area contributed by atoms with E-state index in [-0.39, 0.29) is 18.9 Å². The van der Waals surface area contributed by atoms with Gasteiger partial charge >= 0.3 is 0 Å². The molecule has 17 unspecified atom stereocenters. The molecule has 3 saturated heterocycles. The second-order valence-corrected chi connectivity index (χ2v) is 22.5. The molecule has 0 radical (unpaired) electrons. The fourth-order valence-corrected chi connectivity index (χ4v) is 10.5. The monoisotopic (exact) mass is 1150 g/mol. The zero-order valence-corrected chi connectivity index (χ0v) is 48.8. The molecule has 19 heteroatoms. The summed E-state index contributed by atoms with van der Waals surface area (Å²) >= 11 is 0. The molecule has 0 aliphatic carbocycles. The first kappa shape index (κ1) is 72.3. The van der Waals surface area contributed by atoms with Gasteiger partial charge in [-0.1, -0.05) is 192 Å². The Kier molecular flexibility index (Phi) is 40.2. The van der Waals surface area contributed by atoms with Crippen molar-refractivity contribution in [2.24, 2.45) is 0 Å². The number of hydrogen-bond acceptors (Lipinski definition) is 18. The Bertz CT molecular complexity index is 1600. The molecule has 0 spiro atoms. The van der Waals surface area contributed by atoms with Crippen molar-refractivity contribution in [2.75, 3.05) is 26.4 Å². The number of carbonyl (C=O) groups excluding carboxylic acids is 1. The van der Waals surface area contributed by atoms with Gasteiger partial charge in [0.2, 0.25) is 5.91 Å². The SMILES string of the molecule is CCCCCCC/C=C\C/C=C\CCCCCCCCCCCCCCCCCC(=O)NC(COC1OC(CO)C(OC2OC(CO)C(OC3OC(CO)C(O)C(O)C3O)C(O)C2O)C(O)C1O)C(O)/C=C/CCCCCCCC. The average molecular weight is 1150 g/mol. The molecule has 12 N–H and O–H groups in total. The summed E-state index contributed by atoms with van der Waals surface area (Å²) in [5.74, 6) is -0.279. The predicted octanol–water partition coefficient (Wildman–Crippen LogP) is 6.10. The summed E-state index contributed by atoms with van der Waals surface area (Å²) in [4.78, 5) is 13.3. The van der Waals surface area contributed by atoms with Gasteiger partial charge in [-0.15, -0.1) is 0 Å². The van der Waals surface area contributed by atoms with E-state index < -0.39 is 124 Å². The maximum Gasteiger partial charge on any atom is 0.220 e. The van der Waals surface area contributed by atoms with Crippen LogP contribution >= 0.6 is 0 Å². The van der Waals surface area contributed by atoms with Crippen LogP contribution in [0.4, 0.5) is 0 Å². The molecule has 3 heterocycles. The number of hydrogen-bond donors (Lipinski definition) is 12. The van der Waals surface area contributed by atoms with E-state index in [2.05, 4.69) is 43.5 Å². The minimum absolute atomic E-state index is 0.243. The van der Waals surface area contributed by atoms with E-state index in [1.807, 2.05) is 6.08 Å². The minimum Gasteiger partial charge on any atom is -0.394 e. The summed E-state index contributed by atoms with van der Waals surface area (Å²) in [6, 6.07) is -0.969. The highest BCUT2D eigenvalue weighted by Gasteiger charge is 2.53. The summed E-state index contributed by atoms with van der Waals surface area (Å²) in [5.41, 5.74) is 0. The molecule has 3 fully saturated rings. The maximum atomic E-state index is 13.3. The van der Waals surface area contributed by atoms with E-state index in [1.165, 1.54) is 128 Å². The van der Waals surface area contributed by atoms with Gasteiger partial charge in [0.1, 0.15) is 73.2 Å². The standard InChI is InChI=1S/C61H111NO18/c1-3-5-7-9-11-13-14-15-16-17-18-19-20-21-22-23-24-25-26-27-28-29-30-31-33-35-37-39-49(67)62-44(45(66)38-36-34-32-12-10-8-6-4-2)43-75-59-55(73)52(70)57(47(41-64)77-59)80-61-56(74)53(71)58(48(42-65)78-61)79-60-54(72)51(69)50(68)46(40-63)76-60/h14-15,17-18,36,38,44-48,50-61,63-66,68-74H,3-13,16,19-35,37,39-43H2,1-2H3,(H,62,67)/b15-14-,18-17-,38-36+. The van der Waals surface area contributed by atoms with Crippen molar-refractivity contribution in [1.29, 1.82) is 0 Å². The number of rotatable bonds is 46. The Morgan fingerprint density at radius 2 is 0.825 bits per heavy atom. The third-order valence-electron chi connectivity index (χ3n) is 15.7. The zero-order valence-electron chi connectivity index (χ0n) is 48.8. The lowest BCUT2D eigenvalue weighted by molar-refractivity contribution is -0.379. The van der Waals surface area contributed by atoms with Crippen molar-refractivity contribution in [3.63, 3.8) is 0 Å². The van der Waals surface area contributed by atoms with E-state index in [4.69, 9.17) is 28.4 Å². The second kappa shape index (κ2) is 44.5. The predicted molar refractivity (Wildman–Crippen MR) is 305 cm³/mol. The topological polar surface area (TPSA) is 307 Å². The Labute approximate surface area is 479 Å². The molecule has 468 valence electrons. The van der Waals surface area contributed by atoms with Crippen molar-refractivity contribution in [2.45, 2.75) is 317 Å². The van der Waals surface area contributed by atoms with Gasteiger partial charge in [0.25, 0.3) is 0 Å². The van der Waals surface area contributed by atoms with Crippen molar-refractivity contribution < 1.29 is 89.4 Å². The van der Waals surface area contributed by atoms with Crippen LogP contribution in [0.25, 0.3) is 0 Å². The number of allylic oxidation sites excluding steroid dienone is 5.